The quantitative estimate of drug-likeness (QED) is 0.303. The molecule has 0 radical (unpaired) electrons. The minimum Gasteiger partial charge on any atom is -0.0654 e. The summed E-state index contributed by atoms with van der Waals surface area (Å²) < 4.78 is 1.20. The van der Waals surface area contributed by atoms with Crippen LogP contribution in [-0.4, -0.2) is 0 Å². The van der Waals surface area contributed by atoms with Gasteiger partial charge < -0.3 is 0 Å². The van der Waals surface area contributed by atoms with E-state index in [4.69, 9.17) is 0 Å². The molecule has 0 bridgehead atoms. The number of hydrogen-bond acceptors (Lipinski definition) is 0. The average molecular weight is 407 g/mol. The summed E-state index contributed by atoms with van der Waals surface area (Å²) in [5.74, 6) is 1.83. The molecule has 0 unspecified atom stereocenters. The average Bonchev–Trinajstić information content (AvgIpc) is 2.64. The summed E-state index contributed by atoms with van der Waals surface area (Å²) in [4.78, 5) is 0. The van der Waals surface area contributed by atoms with Crippen LogP contribution in [0.15, 0.2) is 28.7 Å². The Kier molecular flexibility index (Phi) is 10.9. The first-order valence-electron chi connectivity index (χ1n) is 11.0. The maximum Gasteiger partial charge on any atom is 0.0175 e. The number of benzene rings is 1. The van der Waals surface area contributed by atoms with Crippen molar-refractivity contribution in [3.8, 4) is 0 Å². The monoisotopic (exact) mass is 406 g/mol. The first-order chi connectivity index (χ1) is 12.3. The summed E-state index contributed by atoms with van der Waals surface area (Å²) in [5, 5.41) is 0. The fraction of sp³-hybridized carbons (Fsp3) is 0.750. The smallest absolute Gasteiger partial charge is 0.0175 e. The molecule has 0 aromatic heterocycles. The first kappa shape index (κ1) is 21.0. The van der Waals surface area contributed by atoms with Crippen LogP contribution >= 0.6 is 15.9 Å². The van der Waals surface area contributed by atoms with Gasteiger partial charge in [-0.1, -0.05) is 106 Å². The Labute approximate surface area is 165 Å². The number of hydrogen-bond donors (Lipinski definition) is 0. The second-order valence-electron chi connectivity index (χ2n) is 8.24. The molecular formula is C24H39Br. The van der Waals surface area contributed by atoms with E-state index in [1.165, 1.54) is 101 Å². The van der Waals surface area contributed by atoms with E-state index in [9.17, 15) is 0 Å². The molecule has 1 aromatic carbocycles. The van der Waals surface area contributed by atoms with Crippen molar-refractivity contribution in [2.75, 3.05) is 0 Å². The second-order valence-corrected chi connectivity index (χ2v) is 9.16. The lowest BCUT2D eigenvalue weighted by Gasteiger charge is -2.29. The summed E-state index contributed by atoms with van der Waals surface area (Å²) >= 11 is 3.54. The largest absolute Gasteiger partial charge is 0.0654 e. The Bertz CT molecular complexity index is 428. The lowest BCUT2D eigenvalue weighted by Crippen LogP contribution is -2.13. The number of unbranched alkanes of at least 4 members (excludes halogenated alkanes) is 9. The highest BCUT2D eigenvalue weighted by Gasteiger charge is 2.21. The van der Waals surface area contributed by atoms with E-state index in [1.807, 2.05) is 0 Å². The molecule has 25 heavy (non-hydrogen) atoms. The summed E-state index contributed by atoms with van der Waals surface area (Å²) in [6.45, 7) is 2.30. The standard InChI is InChI=1S/C24H39Br/c1-2-3-4-5-6-7-8-9-10-11-12-21-13-15-22(16-14-21)23-17-19-24(25)20-18-23/h17-22H,2-16H2,1H3/t21-,22-. The van der Waals surface area contributed by atoms with Gasteiger partial charge in [0.2, 0.25) is 0 Å². The van der Waals surface area contributed by atoms with E-state index in [0.717, 1.165) is 11.8 Å². The molecule has 1 fully saturated rings. The van der Waals surface area contributed by atoms with E-state index in [-0.39, 0.29) is 0 Å². The van der Waals surface area contributed by atoms with Crippen LogP contribution in [0.5, 0.6) is 0 Å². The highest BCUT2D eigenvalue weighted by Crippen LogP contribution is 2.38. The molecule has 1 aliphatic rings. The lowest BCUT2D eigenvalue weighted by molar-refractivity contribution is 0.301. The SMILES string of the molecule is CCCCCCCCCCCC[C@H]1CC[C@H](c2ccc(Br)cc2)CC1. The molecule has 0 heterocycles. The van der Waals surface area contributed by atoms with E-state index in [0.29, 0.717) is 0 Å². The van der Waals surface area contributed by atoms with Crippen molar-refractivity contribution < 1.29 is 0 Å². The van der Waals surface area contributed by atoms with Crippen molar-refractivity contribution >= 4 is 15.9 Å². The Morgan fingerprint density at radius 3 is 1.80 bits per heavy atom. The maximum atomic E-state index is 3.54. The van der Waals surface area contributed by atoms with E-state index >= 15 is 0 Å². The van der Waals surface area contributed by atoms with Gasteiger partial charge in [0.15, 0.2) is 0 Å². The Morgan fingerprint density at radius 2 is 1.24 bits per heavy atom. The van der Waals surface area contributed by atoms with Gasteiger partial charge in [0, 0.05) is 4.47 Å². The van der Waals surface area contributed by atoms with Crippen LogP contribution in [0.1, 0.15) is 115 Å². The molecule has 2 rings (SSSR count). The molecule has 142 valence electrons. The fourth-order valence-electron chi connectivity index (χ4n) is 4.44. The van der Waals surface area contributed by atoms with Gasteiger partial charge in [-0.3, -0.25) is 0 Å². The van der Waals surface area contributed by atoms with Crippen molar-refractivity contribution in [2.24, 2.45) is 5.92 Å². The topological polar surface area (TPSA) is 0 Å². The first-order valence-corrected chi connectivity index (χ1v) is 11.8. The van der Waals surface area contributed by atoms with Gasteiger partial charge in [0.25, 0.3) is 0 Å². The minimum atomic E-state index is 0.817. The predicted molar refractivity (Wildman–Crippen MR) is 115 cm³/mol. The molecule has 1 aromatic rings. The zero-order valence-corrected chi connectivity index (χ0v) is 18.0. The van der Waals surface area contributed by atoms with Crippen LogP contribution < -0.4 is 0 Å². The zero-order chi connectivity index (χ0) is 17.7. The van der Waals surface area contributed by atoms with Crippen LogP contribution in [0.25, 0.3) is 0 Å². The molecule has 0 N–H and O–H groups in total. The molecule has 0 aliphatic heterocycles. The van der Waals surface area contributed by atoms with E-state index in [1.54, 1.807) is 5.56 Å². The van der Waals surface area contributed by atoms with Gasteiger partial charge in [-0.15, -0.1) is 0 Å². The third-order valence-corrected chi connectivity index (χ3v) is 6.68. The number of halogens is 1. The maximum absolute atomic E-state index is 3.54. The van der Waals surface area contributed by atoms with Crippen molar-refractivity contribution in [1.29, 1.82) is 0 Å². The Balaban J connectivity index is 1.45. The van der Waals surface area contributed by atoms with Crippen molar-refractivity contribution in [3.63, 3.8) is 0 Å². The minimum absolute atomic E-state index is 0.817. The van der Waals surface area contributed by atoms with Crippen LogP contribution in [0.3, 0.4) is 0 Å². The third-order valence-electron chi connectivity index (χ3n) is 6.15. The van der Waals surface area contributed by atoms with Crippen LogP contribution in [0.4, 0.5) is 0 Å². The summed E-state index contributed by atoms with van der Waals surface area (Å²) in [7, 11) is 0. The van der Waals surface area contributed by atoms with Crippen molar-refractivity contribution in [1.82, 2.24) is 0 Å². The molecule has 0 atom stereocenters. The van der Waals surface area contributed by atoms with E-state index < -0.39 is 0 Å². The van der Waals surface area contributed by atoms with E-state index in [2.05, 4.69) is 47.1 Å². The van der Waals surface area contributed by atoms with Gasteiger partial charge in [-0.2, -0.15) is 0 Å². The lowest BCUT2D eigenvalue weighted by atomic mass is 9.77. The van der Waals surface area contributed by atoms with Gasteiger partial charge in [0.1, 0.15) is 0 Å². The molecule has 0 saturated heterocycles. The fourth-order valence-corrected chi connectivity index (χ4v) is 4.70. The van der Waals surface area contributed by atoms with Crippen LogP contribution in [0, 0.1) is 5.92 Å². The Morgan fingerprint density at radius 1 is 0.720 bits per heavy atom. The molecule has 0 spiro atoms. The molecule has 1 saturated carbocycles. The Hall–Kier alpha value is -0.300. The van der Waals surface area contributed by atoms with Gasteiger partial charge in [-0.25, -0.2) is 0 Å². The summed E-state index contributed by atoms with van der Waals surface area (Å²) in [6.07, 6.45) is 21.8. The van der Waals surface area contributed by atoms with Gasteiger partial charge in [0.05, 0.1) is 0 Å². The highest BCUT2D eigenvalue weighted by molar-refractivity contribution is 9.10. The summed E-state index contributed by atoms with van der Waals surface area (Å²) in [5.41, 5.74) is 1.56. The molecule has 1 heteroatoms. The van der Waals surface area contributed by atoms with Crippen molar-refractivity contribution in [3.05, 3.63) is 34.3 Å². The second kappa shape index (κ2) is 13.0. The highest BCUT2D eigenvalue weighted by atomic mass is 79.9. The van der Waals surface area contributed by atoms with Crippen molar-refractivity contribution in [2.45, 2.75) is 109 Å². The summed E-state index contributed by atoms with van der Waals surface area (Å²) in [6, 6.07) is 9.03. The molecule has 1 aliphatic carbocycles. The molecule has 0 nitrogen and oxygen atoms in total. The molecule has 0 amide bonds. The zero-order valence-electron chi connectivity index (χ0n) is 16.4. The predicted octanol–water partition coefficient (Wildman–Crippen LogP) is 9.03. The van der Waals surface area contributed by atoms with Crippen LogP contribution in [-0.2, 0) is 0 Å². The third kappa shape index (κ3) is 8.76. The van der Waals surface area contributed by atoms with Gasteiger partial charge >= 0.3 is 0 Å². The van der Waals surface area contributed by atoms with Gasteiger partial charge in [-0.05, 0) is 55.2 Å². The number of rotatable bonds is 12. The molecular weight excluding hydrogens is 368 g/mol. The normalized spacial score (nSPS) is 20.7. The van der Waals surface area contributed by atoms with Crippen LogP contribution in [0.2, 0.25) is 0 Å².